The second kappa shape index (κ2) is 4.71. The van der Waals surface area contributed by atoms with Gasteiger partial charge >= 0.3 is 0 Å². The van der Waals surface area contributed by atoms with Crippen LogP contribution in [-0.4, -0.2) is 15.0 Å². The summed E-state index contributed by atoms with van der Waals surface area (Å²) in [6.07, 6.45) is 0.998. The number of rotatable bonds is 4. The van der Waals surface area contributed by atoms with Gasteiger partial charge in [-0.15, -0.1) is 0 Å². The summed E-state index contributed by atoms with van der Waals surface area (Å²) in [6, 6.07) is 2.19. The molecule has 1 aliphatic rings. The summed E-state index contributed by atoms with van der Waals surface area (Å²) in [5.41, 5.74) is 5.67. The molecular formula is C12H16BrFN2O2S. The van der Waals surface area contributed by atoms with Crippen molar-refractivity contribution in [3.05, 3.63) is 22.4 Å². The fourth-order valence-electron chi connectivity index (χ4n) is 1.99. The van der Waals surface area contributed by atoms with Gasteiger partial charge in [0.15, 0.2) is 0 Å². The fraction of sp³-hybridized carbons (Fsp3) is 0.500. The van der Waals surface area contributed by atoms with Gasteiger partial charge in [0.25, 0.3) is 0 Å². The van der Waals surface area contributed by atoms with Crippen molar-refractivity contribution in [1.82, 2.24) is 4.72 Å². The van der Waals surface area contributed by atoms with Crippen LogP contribution in [0.1, 0.15) is 20.3 Å². The van der Waals surface area contributed by atoms with E-state index in [1.807, 2.05) is 0 Å². The molecule has 3 N–H and O–H groups in total. The molecule has 19 heavy (non-hydrogen) atoms. The molecule has 1 atom stereocenters. The van der Waals surface area contributed by atoms with Crippen molar-refractivity contribution in [2.24, 2.45) is 11.3 Å². The van der Waals surface area contributed by atoms with E-state index in [1.165, 1.54) is 6.07 Å². The summed E-state index contributed by atoms with van der Waals surface area (Å²) in [6.45, 7) is 4.56. The third kappa shape index (κ3) is 3.09. The average molecular weight is 351 g/mol. The zero-order chi connectivity index (χ0) is 14.4. The minimum absolute atomic E-state index is 0.0776. The average Bonchev–Trinajstić information content (AvgIpc) is 2.89. The molecule has 1 aromatic carbocycles. The fourth-order valence-corrected chi connectivity index (χ4v) is 3.70. The molecule has 7 heteroatoms. The van der Waals surface area contributed by atoms with Crippen molar-refractivity contribution in [3.8, 4) is 0 Å². The smallest absolute Gasteiger partial charge is 0.242 e. The predicted octanol–water partition coefficient (Wildman–Crippen LogP) is 2.49. The van der Waals surface area contributed by atoms with Crippen molar-refractivity contribution < 1.29 is 12.8 Å². The molecule has 0 heterocycles. The van der Waals surface area contributed by atoms with Crippen LogP contribution in [0.5, 0.6) is 0 Å². The van der Waals surface area contributed by atoms with Gasteiger partial charge in [-0.05, 0) is 45.8 Å². The summed E-state index contributed by atoms with van der Waals surface area (Å²) >= 11 is 2.96. The van der Waals surface area contributed by atoms with Crippen LogP contribution in [0.3, 0.4) is 0 Å². The Kier molecular flexibility index (Phi) is 3.66. The third-order valence-electron chi connectivity index (χ3n) is 3.58. The van der Waals surface area contributed by atoms with Crippen LogP contribution in [0.2, 0.25) is 0 Å². The van der Waals surface area contributed by atoms with E-state index in [-0.39, 0.29) is 20.5 Å². The van der Waals surface area contributed by atoms with Crippen molar-refractivity contribution in [2.75, 3.05) is 12.3 Å². The van der Waals surface area contributed by atoms with Crippen molar-refractivity contribution >= 4 is 31.6 Å². The van der Waals surface area contributed by atoms with Gasteiger partial charge in [-0.3, -0.25) is 0 Å². The van der Waals surface area contributed by atoms with Gasteiger partial charge < -0.3 is 5.73 Å². The number of nitrogens with one attached hydrogen (secondary N) is 1. The molecule has 1 aliphatic carbocycles. The van der Waals surface area contributed by atoms with Crippen molar-refractivity contribution in [3.63, 3.8) is 0 Å². The molecule has 0 saturated heterocycles. The molecule has 0 aliphatic heterocycles. The number of anilines is 1. The maximum absolute atomic E-state index is 13.2. The SMILES string of the molecule is CC1(C)CC1CNS(=O)(=O)c1cc(Br)c(F)cc1N. The highest BCUT2D eigenvalue weighted by atomic mass is 79.9. The van der Waals surface area contributed by atoms with E-state index in [2.05, 4.69) is 34.5 Å². The molecule has 0 spiro atoms. The van der Waals surface area contributed by atoms with Gasteiger partial charge in [-0.1, -0.05) is 13.8 Å². The first-order chi connectivity index (χ1) is 8.63. The Labute approximate surface area is 120 Å². The minimum atomic E-state index is -3.71. The number of hydrogen-bond acceptors (Lipinski definition) is 3. The zero-order valence-electron chi connectivity index (χ0n) is 10.7. The van der Waals surface area contributed by atoms with Crippen LogP contribution >= 0.6 is 15.9 Å². The molecule has 1 saturated carbocycles. The molecule has 1 unspecified atom stereocenters. The van der Waals surface area contributed by atoms with Gasteiger partial charge in [0, 0.05) is 6.54 Å². The first kappa shape index (κ1) is 14.7. The monoisotopic (exact) mass is 350 g/mol. The summed E-state index contributed by atoms with van der Waals surface area (Å²) in [5, 5.41) is 0. The number of halogens is 2. The first-order valence-electron chi connectivity index (χ1n) is 5.88. The largest absolute Gasteiger partial charge is 0.398 e. The Balaban J connectivity index is 2.18. The second-order valence-electron chi connectivity index (χ2n) is 5.55. The van der Waals surface area contributed by atoms with Gasteiger partial charge in [0.05, 0.1) is 10.2 Å². The van der Waals surface area contributed by atoms with Crippen LogP contribution in [0, 0.1) is 17.2 Å². The lowest BCUT2D eigenvalue weighted by Crippen LogP contribution is -2.27. The normalized spacial score (nSPS) is 21.4. The zero-order valence-corrected chi connectivity index (χ0v) is 13.1. The van der Waals surface area contributed by atoms with E-state index in [9.17, 15) is 12.8 Å². The summed E-state index contributed by atoms with van der Waals surface area (Å²) in [4.78, 5) is -0.0979. The molecule has 2 rings (SSSR count). The Hall–Kier alpha value is -0.660. The number of sulfonamides is 1. The lowest BCUT2D eigenvalue weighted by atomic mass is 10.1. The van der Waals surface area contributed by atoms with Crippen molar-refractivity contribution in [2.45, 2.75) is 25.2 Å². The quantitative estimate of drug-likeness (QED) is 0.819. The lowest BCUT2D eigenvalue weighted by Gasteiger charge is -2.10. The topological polar surface area (TPSA) is 72.2 Å². The standard InChI is InChI=1S/C12H16BrFN2O2S/c1-12(2)5-7(12)6-16-19(17,18)11-3-8(13)9(14)4-10(11)15/h3-4,7,16H,5-6,15H2,1-2H3. The minimum Gasteiger partial charge on any atom is -0.398 e. The Morgan fingerprint density at radius 2 is 2.11 bits per heavy atom. The molecule has 1 fully saturated rings. The highest BCUT2D eigenvalue weighted by molar-refractivity contribution is 9.10. The summed E-state index contributed by atoms with van der Waals surface area (Å²) in [5.74, 6) is -0.243. The van der Waals surface area contributed by atoms with E-state index in [1.54, 1.807) is 0 Å². The number of nitrogens with two attached hydrogens (primary N) is 1. The predicted molar refractivity (Wildman–Crippen MR) is 75.6 cm³/mol. The molecule has 0 radical (unpaired) electrons. The molecule has 0 amide bonds. The Bertz CT molecular complexity index is 616. The number of nitrogen functional groups attached to an aromatic ring is 1. The molecule has 106 valence electrons. The van der Waals surface area contributed by atoms with E-state index >= 15 is 0 Å². The van der Waals surface area contributed by atoms with Crippen LogP contribution in [0.4, 0.5) is 10.1 Å². The Morgan fingerprint density at radius 3 is 2.63 bits per heavy atom. The molecule has 0 bridgehead atoms. The summed E-state index contributed by atoms with van der Waals surface area (Å²) in [7, 11) is -3.71. The Morgan fingerprint density at radius 1 is 1.53 bits per heavy atom. The highest BCUT2D eigenvalue weighted by Gasteiger charge is 2.45. The molecule has 1 aromatic rings. The number of hydrogen-bond donors (Lipinski definition) is 2. The van der Waals surface area contributed by atoms with Crippen LogP contribution in [-0.2, 0) is 10.0 Å². The second-order valence-corrected chi connectivity index (χ2v) is 8.14. The molecule has 0 aromatic heterocycles. The molecule has 4 nitrogen and oxygen atoms in total. The summed E-state index contributed by atoms with van der Waals surface area (Å²) < 4.78 is 40.1. The van der Waals surface area contributed by atoms with Gasteiger partial charge in [0.1, 0.15) is 10.7 Å². The maximum Gasteiger partial charge on any atom is 0.242 e. The van der Waals surface area contributed by atoms with E-state index in [0.717, 1.165) is 12.5 Å². The highest BCUT2D eigenvalue weighted by Crippen LogP contribution is 2.51. The molecular weight excluding hydrogens is 335 g/mol. The lowest BCUT2D eigenvalue weighted by molar-refractivity contribution is 0.537. The first-order valence-corrected chi connectivity index (χ1v) is 8.15. The van der Waals surface area contributed by atoms with Crippen LogP contribution in [0.15, 0.2) is 21.5 Å². The van der Waals surface area contributed by atoms with Crippen LogP contribution < -0.4 is 10.5 Å². The van der Waals surface area contributed by atoms with Gasteiger partial charge in [-0.2, -0.15) is 0 Å². The maximum atomic E-state index is 13.2. The van der Waals surface area contributed by atoms with Crippen molar-refractivity contribution in [1.29, 1.82) is 0 Å². The van der Waals surface area contributed by atoms with Gasteiger partial charge in [-0.25, -0.2) is 17.5 Å². The van der Waals surface area contributed by atoms with E-state index in [4.69, 9.17) is 5.73 Å². The van der Waals surface area contributed by atoms with E-state index in [0.29, 0.717) is 12.5 Å². The van der Waals surface area contributed by atoms with E-state index < -0.39 is 15.8 Å². The third-order valence-corrected chi connectivity index (χ3v) is 5.67. The number of benzene rings is 1. The van der Waals surface area contributed by atoms with Crippen LogP contribution in [0.25, 0.3) is 0 Å². The van der Waals surface area contributed by atoms with Gasteiger partial charge in [0.2, 0.25) is 10.0 Å².